The van der Waals surface area contributed by atoms with Crippen LogP contribution in [0.4, 0.5) is 5.95 Å². The first-order chi connectivity index (χ1) is 14.3. The Morgan fingerprint density at radius 1 is 1.30 bits per heavy atom. The largest absolute Gasteiger partial charge is 0.389 e. The molecule has 3 aromatic rings. The molecule has 3 N–H and O–H groups in total. The number of imidazole rings is 1. The zero-order valence-corrected chi connectivity index (χ0v) is 17.4. The zero-order chi connectivity index (χ0) is 21.8. The topological polar surface area (TPSA) is 127 Å². The Balaban J connectivity index is 1.96. The van der Waals surface area contributed by atoms with Crippen LogP contribution < -0.4 is 16.7 Å². The number of H-pyrrole nitrogens is 1. The number of aromatic nitrogens is 4. The van der Waals surface area contributed by atoms with Gasteiger partial charge >= 0.3 is 5.69 Å². The molecule has 10 nitrogen and oxygen atoms in total. The lowest BCUT2D eigenvalue weighted by Gasteiger charge is -2.15. The highest BCUT2D eigenvalue weighted by Gasteiger charge is 2.19. The molecule has 160 valence electrons. The Morgan fingerprint density at radius 2 is 2.00 bits per heavy atom. The number of ether oxygens (including phenoxy) is 1. The molecule has 0 radical (unpaired) electrons. The normalized spacial score (nSPS) is 12.9. The summed E-state index contributed by atoms with van der Waals surface area (Å²) in [7, 11) is 1.51. The van der Waals surface area contributed by atoms with Crippen molar-refractivity contribution in [2.75, 3.05) is 12.0 Å². The van der Waals surface area contributed by atoms with E-state index < -0.39 is 17.4 Å². The van der Waals surface area contributed by atoms with Gasteiger partial charge in [-0.2, -0.15) is 10.1 Å². The van der Waals surface area contributed by atoms with E-state index in [2.05, 4.69) is 20.5 Å². The minimum absolute atomic E-state index is 0.0346. The summed E-state index contributed by atoms with van der Waals surface area (Å²) in [6, 6.07) is 7.78. The number of nitrogens with one attached hydrogen (secondary N) is 2. The minimum atomic E-state index is -0.886. The minimum Gasteiger partial charge on any atom is -0.389 e. The van der Waals surface area contributed by atoms with Gasteiger partial charge in [0.2, 0.25) is 5.95 Å². The number of nitrogens with zero attached hydrogens (tertiary/aromatic N) is 4. The van der Waals surface area contributed by atoms with Crippen LogP contribution in [0.5, 0.6) is 0 Å². The van der Waals surface area contributed by atoms with Gasteiger partial charge in [-0.3, -0.25) is 14.3 Å². The molecule has 0 saturated carbocycles. The fraction of sp³-hybridized carbons (Fsp3) is 0.400. The van der Waals surface area contributed by atoms with E-state index in [1.54, 1.807) is 6.21 Å². The second-order valence-electron chi connectivity index (χ2n) is 7.35. The molecule has 2 heterocycles. The van der Waals surface area contributed by atoms with Crippen molar-refractivity contribution in [1.29, 1.82) is 0 Å². The van der Waals surface area contributed by atoms with E-state index in [0.29, 0.717) is 0 Å². The summed E-state index contributed by atoms with van der Waals surface area (Å²) < 4.78 is 8.18. The number of hydrazone groups is 1. The highest BCUT2D eigenvalue weighted by molar-refractivity contribution is 5.80. The molecular weight excluding hydrogens is 388 g/mol. The molecule has 1 atom stereocenters. The molecule has 0 aliphatic heterocycles. The summed E-state index contributed by atoms with van der Waals surface area (Å²) in [6.45, 7) is 5.86. The fourth-order valence-electron chi connectivity index (χ4n) is 2.88. The molecule has 30 heavy (non-hydrogen) atoms. The fourth-order valence-corrected chi connectivity index (χ4v) is 2.88. The van der Waals surface area contributed by atoms with Gasteiger partial charge in [-0.15, -0.1) is 0 Å². The molecule has 0 bridgehead atoms. The van der Waals surface area contributed by atoms with Gasteiger partial charge in [0, 0.05) is 7.05 Å². The lowest BCUT2D eigenvalue weighted by atomic mass is 10.2. The highest BCUT2D eigenvalue weighted by Crippen LogP contribution is 2.16. The number of benzene rings is 1. The van der Waals surface area contributed by atoms with E-state index in [-0.39, 0.29) is 36.4 Å². The van der Waals surface area contributed by atoms with Crippen LogP contribution in [-0.4, -0.2) is 49.2 Å². The van der Waals surface area contributed by atoms with Crippen molar-refractivity contribution >= 4 is 23.3 Å². The maximum Gasteiger partial charge on any atom is 0.329 e. The molecule has 0 fully saturated rings. The van der Waals surface area contributed by atoms with Gasteiger partial charge in [-0.05, 0) is 26.3 Å². The number of aliphatic hydroxyl groups is 1. The number of aliphatic hydroxyl groups excluding tert-OH is 1. The van der Waals surface area contributed by atoms with E-state index in [1.807, 2.05) is 45.0 Å². The molecule has 0 aliphatic carbocycles. The maximum atomic E-state index is 12.5. The summed E-state index contributed by atoms with van der Waals surface area (Å²) in [5.74, 6) is 0.226. The van der Waals surface area contributed by atoms with Crippen LogP contribution in [0.3, 0.4) is 0 Å². The van der Waals surface area contributed by atoms with Gasteiger partial charge in [0.05, 0.1) is 31.6 Å². The Bertz CT molecular complexity index is 1160. The van der Waals surface area contributed by atoms with Crippen molar-refractivity contribution in [2.45, 2.75) is 39.5 Å². The van der Waals surface area contributed by atoms with E-state index in [0.717, 1.165) is 11.1 Å². The van der Waals surface area contributed by atoms with Crippen LogP contribution in [-0.2, 0) is 18.3 Å². The highest BCUT2D eigenvalue weighted by atomic mass is 16.5. The number of aromatic amines is 1. The number of anilines is 1. The lowest BCUT2D eigenvalue weighted by Crippen LogP contribution is -2.30. The molecule has 0 amide bonds. The second-order valence-corrected chi connectivity index (χ2v) is 7.35. The predicted octanol–water partition coefficient (Wildman–Crippen LogP) is 0.964. The van der Waals surface area contributed by atoms with Crippen molar-refractivity contribution in [1.82, 2.24) is 19.1 Å². The Kier molecular flexibility index (Phi) is 6.48. The zero-order valence-electron chi connectivity index (χ0n) is 17.4. The third-order valence-corrected chi connectivity index (χ3v) is 4.48. The van der Waals surface area contributed by atoms with Crippen LogP contribution in [0.25, 0.3) is 11.2 Å². The first-order valence-electron chi connectivity index (χ1n) is 9.61. The molecule has 1 aromatic carbocycles. The second kappa shape index (κ2) is 9.06. The van der Waals surface area contributed by atoms with Crippen molar-refractivity contribution in [3.05, 3.63) is 56.2 Å². The Hall–Kier alpha value is -3.24. The maximum absolute atomic E-state index is 12.5. The molecule has 0 aliphatic rings. The number of aryl methyl sites for hydroxylation is 2. The third-order valence-electron chi connectivity index (χ3n) is 4.48. The molecule has 2 aromatic heterocycles. The van der Waals surface area contributed by atoms with Crippen molar-refractivity contribution < 1.29 is 9.84 Å². The van der Waals surface area contributed by atoms with Crippen LogP contribution in [0.1, 0.15) is 25.0 Å². The van der Waals surface area contributed by atoms with Crippen LogP contribution in [0.2, 0.25) is 0 Å². The number of rotatable bonds is 8. The van der Waals surface area contributed by atoms with Crippen molar-refractivity contribution in [3.63, 3.8) is 0 Å². The van der Waals surface area contributed by atoms with Gasteiger partial charge < -0.3 is 14.4 Å². The summed E-state index contributed by atoms with van der Waals surface area (Å²) in [4.78, 5) is 31.0. The molecule has 1 unspecified atom stereocenters. The summed E-state index contributed by atoms with van der Waals surface area (Å²) in [5, 5.41) is 14.6. The first kappa shape index (κ1) is 21.5. The van der Waals surface area contributed by atoms with E-state index >= 15 is 0 Å². The monoisotopic (exact) mass is 414 g/mol. The Labute approximate surface area is 172 Å². The lowest BCUT2D eigenvalue weighted by molar-refractivity contribution is -0.000105. The van der Waals surface area contributed by atoms with Gasteiger partial charge in [0.1, 0.15) is 0 Å². The SMILES string of the molecule is Cc1ccc(C=NNc2nc3c(c(=O)[nH]c(=O)n3C)n2CC(O)COC(C)C)cc1. The first-order valence-corrected chi connectivity index (χ1v) is 9.61. The average molecular weight is 414 g/mol. The van der Waals surface area contributed by atoms with E-state index in [4.69, 9.17) is 4.74 Å². The van der Waals surface area contributed by atoms with Gasteiger partial charge in [0.25, 0.3) is 5.56 Å². The molecular formula is C20H26N6O4. The van der Waals surface area contributed by atoms with E-state index in [9.17, 15) is 14.7 Å². The third kappa shape index (κ3) is 4.84. The van der Waals surface area contributed by atoms with Crippen LogP contribution >= 0.6 is 0 Å². The molecule has 0 saturated heterocycles. The smallest absolute Gasteiger partial charge is 0.329 e. The number of fused-ring (bicyclic) bond motifs is 1. The Morgan fingerprint density at radius 3 is 2.67 bits per heavy atom. The summed E-state index contributed by atoms with van der Waals surface area (Å²) >= 11 is 0. The summed E-state index contributed by atoms with van der Waals surface area (Å²) in [5.41, 5.74) is 4.02. The van der Waals surface area contributed by atoms with Gasteiger partial charge in [0.15, 0.2) is 11.2 Å². The predicted molar refractivity (Wildman–Crippen MR) is 115 cm³/mol. The quantitative estimate of drug-likeness (QED) is 0.372. The number of hydrogen-bond donors (Lipinski definition) is 3. The van der Waals surface area contributed by atoms with Gasteiger partial charge in [-0.25, -0.2) is 10.2 Å². The molecule has 3 rings (SSSR count). The standard InChI is InChI=1S/C20H26N6O4/c1-12(2)30-11-15(27)10-26-16-17(25(4)20(29)23-18(16)28)22-19(26)24-21-9-14-7-5-13(3)6-8-14/h5-9,12,15,27H,10-11H2,1-4H3,(H,22,24)(H,23,28,29). The van der Waals surface area contributed by atoms with Crippen LogP contribution in [0, 0.1) is 6.92 Å². The van der Waals surface area contributed by atoms with E-state index in [1.165, 1.54) is 16.2 Å². The molecule has 10 heteroatoms. The van der Waals surface area contributed by atoms with Crippen LogP contribution in [0.15, 0.2) is 39.0 Å². The van der Waals surface area contributed by atoms with Crippen molar-refractivity contribution in [2.24, 2.45) is 12.1 Å². The molecule has 0 spiro atoms. The number of hydrogen-bond acceptors (Lipinski definition) is 7. The summed E-state index contributed by atoms with van der Waals surface area (Å²) in [6.07, 6.45) is 0.688. The van der Waals surface area contributed by atoms with Gasteiger partial charge in [-0.1, -0.05) is 29.8 Å². The van der Waals surface area contributed by atoms with Crippen molar-refractivity contribution in [3.8, 4) is 0 Å². The average Bonchev–Trinajstić information content (AvgIpc) is 3.05.